The molecule has 2 N–H and O–H groups in total. The van der Waals surface area contributed by atoms with Crippen molar-refractivity contribution in [1.29, 1.82) is 0 Å². The van der Waals surface area contributed by atoms with Crippen molar-refractivity contribution in [3.8, 4) is 11.5 Å². The molecule has 0 amide bonds. The Morgan fingerprint density at radius 1 is 0.886 bits per heavy atom. The summed E-state index contributed by atoms with van der Waals surface area (Å²) in [6.45, 7) is 5.32. The Morgan fingerprint density at radius 2 is 1.34 bits per heavy atom. The van der Waals surface area contributed by atoms with Crippen LogP contribution in [0.25, 0.3) is 11.0 Å². The van der Waals surface area contributed by atoms with E-state index in [1.807, 2.05) is 19.9 Å². The molecular weight excluding hydrogens is 451 g/mol. The normalized spacial score (nSPS) is 9.91. The minimum Gasteiger partial charge on any atom is -0.870 e. The average Bonchev–Trinajstić information content (AvgIpc) is 3.45. The molecule has 0 radical (unpaired) electrons. The number of carboxylic acids is 1. The van der Waals surface area contributed by atoms with E-state index in [1.165, 1.54) is 24.0 Å². The topological polar surface area (TPSA) is 147 Å². The second kappa shape index (κ2) is 14.0. The van der Waals surface area contributed by atoms with Crippen molar-refractivity contribution in [3.05, 3.63) is 60.2 Å². The summed E-state index contributed by atoms with van der Waals surface area (Å²) in [5.41, 5.74) is 1.85. The summed E-state index contributed by atoms with van der Waals surface area (Å²) in [4.78, 5) is 22.4. The third-order valence-electron chi connectivity index (χ3n) is 4.57. The maximum Gasteiger partial charge on any atom is 1.00 e. The van der Waals surface area contributed by atoms with E-state index >= 15 is 0 Å². The van der Waals surface area contributed by atoms with Crippen LogP contribution < -0.4 is 28.3 Å². The Hall–Kier alpha value is -3.52. The molecule has 4 aromatic heterocycles. The van der Waals surface area contributed by atoms with E-state index < -0.39 is 11.9 Å². The molecule has 0 saturated carbocycles. The molecule has 0 bridgehead atoms. The van der Waals surface area contributed by atoms with Crippen molar-refractivity contribution < 1.29 is 53.2 Å². The third-order valence-corrected chi connectivity index (χ3v) is 4.57. The number of carboxylic acid groups (broad SMARTS) is 1. The van der Waals surface area contributed by atoms with Crippen LogP contribution in [0.5, 0.6) is 11.5 Å². The van der Waals surface area contributed by atoms with Crippen LogP contribution in [-0.2, 0) is 4.74 Å². The van der Waals surface area contributed by atoms with E-state index in [-0.39, 0.29) is 29.9 Å². The number of hydrogen-bond donors (Lipinski definition) is 1. The first kappa shape index (κ1) is 29.5. The fourth-order valence-corrected chi connectivity index (χ4v) is 2.97. The van der Waals surface area contributed by atoms with Gasteiger partial charge in [0.2, 0.25) is 0 Å². The molecule has 0 fully saturated rings. The first-order valence-electron chi connectivity index (χ1n) is 10.5. The molecule has 0 aliphatic carbocycles. The molecule has 0 aromatic carbocycles. The fourth-order valence-electron chi connectivity index (χ4n) is 2.97. The minimum absolute atomic E-state index is 0. The molecule has 0 spiro atoms. The van der Waals surface area contributed by atoms with Gasteiger partial charge in [0, 0.05) is 24.5 Å². The third kappa shape index (κ3) is 7.23. The predicted octanol–water partition coefficient (Wildman–Crippen LogP) is 0.558. The van der Waals surface area contributed by atoms with E-state index in [1.54, 1.807) is 35.1 Å². The van der Waals surface area contributed by atoms with E-state index in [2.05, 4.69) is 10.2 Å². The number of nitrogens with zero attached hydrogens (tertiary/aromatic N) is 4. The second-order valence-corrected chi connectivity index (χ2v) is 6.99. The first-order valence-corrected chi connectivity index (χ1v) is 10.5. The van der Waals surface area contributed by atoms with Gasteiger partial charge in [-0.25, -0.2) is 18.6 Å². The Labute approximate surface area is 214 Å². The van der Waals surface area contributed by atoms with E-state index in [4.69, 9.17) is 19.3 Å². The molecule has 4 rings (SSSR count). The van der Waals surface area contributed by atoms with E-state index in [9.17, 15) is 9.59 Å². The van der Waals surface area contributed by atoms with Gasteiger partial charge in [-0.15, -0.1) is 0 Å². The van der Waals surface area contributed by atoms with Crippen molar-refractivity contribution in [3.63, 3.8) is 0 Å². The molecule has 11 nitrogen and oxygen atoms in total. The Kier molecular flexibility index (Phi) is 11.8. The summed E-state index contributed by atoms with van der Waals surface area (Å²) in [6.07, 6.45) is 8.12. The largest absolute Gasteiger partial charge is 1.00 e. The Balaban J connectivity index is 0.000000332. The van der Waals surface area contributed by atoms with Gasteiger partial charge in [-0.2, -0.15) is 10.2 Å². The average molecular weight is 478 g/mol. The molecule has 0 atom stereocenters. The summed E-state index contributed by atoms with van der Waals surface area (Å²) < 4.78 is 18.8. The number of aromatic nitrogens is 4. The van der Waals surface area contributed by atoms with E-state index in [0.29, 0.717) is 35.6 Å². The number of hydrogen-bond acceptors (Lipinski definition) is 8. The van der Waals surface area contributed by atoms with Crippen LogP contribution in [0.3, 0.4) is 0 Å². The molecule has 12 heteroatoms. The van der Waals surface area contributed by atoms with Crippen LogP contribution in [0.15, 0.2) is 49.1 Å². The molecule has 0 aliphatic heterocycles. The van der Waals surface area contributed by atoms with Gasteiger partial charge in [0.1, 0.15) is 22.6 Å². The van der Waals surface area contributed by atoms with Crippen molar-refractivity contribution in [2.24, 2.45) is 0 Å². The summed E-state index contributed by atoms with van der Waals surface area (Å²) in [7, 11) is 1.35. The van der Waals surface area contributed by atoms with Gasteiger partial charge in [-0.3, -0.25) is 0 Å². The van der Waals surface area contributed by atoms with Gasteiger partial charge in [0.05, 0.1) is 43.8 Å². The molecular formula is C23H27LiN4O7. The maximum atomic E-state index is 11.5. The molecule has 0 aliphatic rings. The molecule has 0 unspecified atom stereocenters. The number of aromatic carboxylic acids is 1. The smallest absolute Gasteiger partial charge is 0.870 e. The van der Waals surface area contributed by atoms with E-state index in [0.717, 1.165) is 18.6 Å². The molecule has 0 saturated heterocycles. The standard InChI is InChI=1S/C12H14N2O3.C11H12N2O3.Li.H2O/c1-3-6-17-9-4-5-14-11(7-9)10(8-13-14)12(15)16-2;1-2-5-16-8-3-4-13-10(6-8)9(7-12-13)11(14)15;;/h4-5,7-8H,3,6H2,1-2H3;3-4,6-7H,2,5H2,1H3,(H,14,15);;1H2/q;;+1;/p-1. The van der Waals surface area contributed by atoms with Gasteiger partial charge in [0.25, 0.3) is 0 Å². The first-order chi connectivity index (χ1) is 16.0. The van der Waals surface area contributed by atoms with Gasteiger partial charge in [-0.05, 0) is 25.0 Å². The minimum atomic E-state index is -0.984. The Bertz CT molecular complexity index is 1260. The number of esters is 1. The number of ether oxygens (including phenoxy) is 3. The monoisotopic (exact) mass is 478 g/mol. The Morgan fingerprint density at radius 3 is 1.77 bits per heavy atom. The summed E-state index contributed by atoms with van der Waals surface area (Å²) >= 11 is 0. The fraction of sp³-hybridized carbons (Fsp3) is 0.304. The zero-order valence-electron chi connectivity index (χ0n) is 20.2. The number of pyridine rings is 2. The quantitative estimate of drug-likeness (QED) is 0.283. The summed E-state index contributed by atoms with van der Waals surface area (Å²) in [6, 6.07) is 7.05. The number of carbonyl (C=O) groups is 2. The van der Waals surface area contributed by atoms with Crippen molar-refractivity contribution >= 4 is 23.0 Å². The van der Waals surface area contributed by atoms with Crippen molar-refractivity contribution in [2.45, 2.75) is 26.7 Å². The second-order valence-electron chi connectivity index (χ2n) is 6.99. The van der Waals surface area contributed by atoms with Crippen LogP contribution in [0, 0.1) is 0 Å². The predicted molar refractivity (Wildman–Crippen MR) is 122 cm³/mol. The van der Waals surface area contributed by atoms with Gasteiger partial charge < -0.3 is 24.8 Å². The van der Waals surface area contributed by atoms with Crippen LogP contribution in [0.4, 0.5) is 0 Å². The molecule has 182 valence electrons. The zero-order valence-corrected chi connectivity index (χ0v) is 20.2. The zero-order chi connectivity index (χ0) is 23.8. The molecule has 4 aromatic rings. The number of fused-ring (bicyclic) bond motifs is 2. The SMILES string of the molecule is CCCOc1ccn2ncc(C(=O)O)c2c1.CCCOc1ccn2ncc(C(=O)OC)c2c1.[Li+].[OH-]. The van der Waals surface area contributed by atoms with Crippen LogP contribution in [-0.4, -0.2) is 62.1 Å². The van der Waals surface area contributed by atoms with Crippen LogP contribution >= 0.6 is 0 Å². The van der Waals surface area contributed by atoms with Crippen LogP contribution in [0.1, 0.15) is 47.4 Å². The van der Waals surface area contributed by atoms with Gasteiger partial charge in [-0.1, -0.05) is 13.8 Å². The number of rotatable bonds is 8. The molecule has 35 heavy (non-hydrogen) atoms. The number of methoxy groups -OCH3 is 1. The van der Waals surface area contributed by atoms with Gasteiger partial charge in [0.15, 0.2) is 0 Å². The van der Waals surface area contributed by atoms with Gasteiger partial charge >= 0.3 is 30.8 Å². The van der Waals surface area contributed by atoms with Crippen LogP contribution in [0.2, 0.25) is 0 Å². The maximum absolute atomic E-state index is 11.5. The van der Waals surface area contributed by atoms with Crippen molar-refractivity contribution in [1.82, 2.24) is 19.2 Å². The summed E-state index contributed by atoms with van der Waals surface area (Å²) in [5, 5.41) is 17.0. The molecule has 4 heterocycles. The van der Waals surface area contributed by atoms with Crippen molar-refractivity contribution in [2.75, 3.05) is 20.3 Å². The number of carbonyl (C=O) groups excluding carboxylic acids is 1. The summed E-state index contributed by atoms with van der Waals surface area (Å²) in [5.74, 6) is 0.0117.